The summed E-state index contributed by atoms with van der Waals surface area (Å²) >= 11 is 0. The Labute approximate surface area is 129 Å². The minimum absolute atomic E-state index is 0.0308. The molecule has 2 heterocycles. The third kappa shape index (κ3) is 3.56. The normalized spacial score (nSPS) is 28.1. The first-order valence-corrected chi connectivity index (χ1v) is 7.81. The van der Waals surface area contributed by atoms with Crippen molar-refractivity contribution in [1.29, 1.82) is 0 Å². The average Bonchev–Trinajstić information content (AvgIpc) is 3.15. The van der Waals surface area contributed by atoms with Gasteiger partial charge in [-0.3, -0.25) is 4.79 Å². The van der Waals surface area contributed by atoms with Gasteiger partial charge in [0.05, 0.1) is 12.1 Å². The molecule has 2 fully saturated rings. The first-order chi connectivity index (χ1) is 10.6. The first kappa shape index (κ1) is 15.2. The highest BCUT2D eigenvalue weighted by atomic mass is 19.1. The number of aliphatic hydroxyl groups is 1. The molecule has 120 valence electrons. The number of benzene rings is 1. The fraction of sp³-hybridized carbons (Fsp3) is 0.562. The average molecular weight is 307 g/mol. The highest BCUT2D eigenvalue weighted by Gasteiger charge is 2.29. The second kappa shape index (κ2) is 6.62. The Kier molecular flexibility index (Phi) is 4.59. The Balaban J connectivity index is 1.45. The van der Waals surface area contributed by atoms with Crippen LogP contribution in [-0.4, -0.2) is 49.3 Å². The van der Waals surface area contributed by atoms with Crippen molar-refractivity contribution >= 4 is 11.6 Å². The number of β-amino-alcohol motifs (C(OH)–C–C–N with tert-alkyl or cyclic N) is 1. The molecule has 2 saturated heterocycles. The van der Waals surface area contributed by atoms with Crippen molar-refractivity contribution in [2.75, 3.05) is 31.1 Å². The lowest BCUT2D eigenvalue weighted by molar-refractivity contribution is -0.123. The summed E-state index contributed by atoms with van der Waals surface area (Å²) in [6.45, 7) is 2.92. The summed E-state index contributed by atoms with van der Waals surface area (Å²) in [5.74, 6) is 0.148. The number of aliphatic hydroxyl groups excluding tert-OH is 1. The summed E-state index contributed by atoms with van der Waals surface area (Å²) < 4.78 is 12.9. The maximum absolute atomic E-state index is 12.9. The van der Waals surface area contributed by atoms with Crippen LogP contribution in [0.1, 0.15) is 12.8 Å². The van der Waals surface area contributed by atoms with Crippen molar-refractivity contribution in [3.8, 4) is 0 Å². The third-order valence-corrected chi connectivity index (χ3v) is 4.47. The number of nitrogens with one attached hydrogen (secondary N) is 2. The van der Waals surface area contributed by atoms with Crippen molar-refractivity contribution in [1.82, 2.24) is 10.6 Å². The smallest absolute Gasteiger partial charge is 0.237 e. The van der Waals surface area contributed by atoms with Crippen molar-refractivity contribution in [2.24, 2.45) is 5.92 Å². The largest absolute Gasteiger partial charge is 0.392 e. The third-order valence-electron chi connectivity index (χ3n) is 4.47. The molecule has 3 atom stereocenters. The van der Waals surface area contributed by atoms with Crippen LogP contribution in [0.3, 0.4) is 0 Å². The second-order valence-corrected chi connectivity index (χ2v) is 6.17. The van der Waals surface area contributed by atoms with Crippen LogP contribution in [0.2, 0.25) is 0 Å². The number of carbonyl (C=O) groups is 1. The number of rotatable bonds is 4. The molecule has 6 heteroatoms. The monoisotopic (exact) mass is 307 g/mol. The van der Waals surface area contributed by atoms with Crippen LogP contribution in [0.15, 0.2) is 24.3 Å². The van der Waals surface area contributed by atoms with Crippen molar-refractivity contribution in [3.63, 3.8) is 0 Å². The lowest BCUT2D eigenvalue weighted by atomic mass is 10.1. The van der Waals surface area contributed by atoms with Crippen LogP contribution in [0.5, 0.6) is 0 Å². The number of amides is 1. The zero-order chi connectivity index (χ0) is 15.5. The molecule has 3 rings (SSSR count). The van der Waals surface area contributed by atoms with E-state index in [0.29, 0.717) is 25.4 Å². The van der Waals surface area contributed by atoms with Gasteiger partial charge in [0.2, 0.25) is 5.91 Å². The molecule has 2 aliphatic heterocycles. The molecule has 1 amide bonds. The summed E-state index contributed by atoms with van der Waals surface area (Å²) in [6.07, 6.45) is 1.08. The molecular formula is C16H22FN3O2. The lowest BCUT2D eigenvalue weighted by Gasteiger charge is -2.19. The molecule has 0 aliphatic carbocycles. The number of carbonyl (C=O) groups excluding carboxylic acids is 1. The topological polar surface area (TPSA) is 64.6 Å². The van der Waals surface area contributed by atoms with Gasteiger partial charge in [0.25, 0.3) is 0 Å². The van der Waals surface area contributed by atoms with Gasteiger partial charge >= 0.3 is 0 Å². The summed E-state index contributed by atoms with van der Waals surface area (Å²) in [6, 6.07) is 6.26. The molecule has 0 unspecified atom stereocenters. The fourth-order valence-corrected chi connectivity index (χ4v) is 3.17. The molecule has 0 radical (unpaired) electrons. The van der Waals surface area contributed by atoms with Crippen molar-refractivity contribution < 1.29 is 14.3 Å². The van der Waals surface area contributed by atoms with E-state index in [4.69, 9.17) is 0 Å². The van der Waals surface area contributed by atoms with Gasteiger partial charge in [0.15, 0.2) is 0 Å². The summed E-state index contributed by atoms with van der Waals surface area (Å²) in [5, 5.41) is 15.4. The number of hydrogen-bond donors (Lipinski definition) is 3. The number of anilines is 1. The maximum Gasteiger partial charge on any atom is 0.237 e. The van der Waals surface area contributed by atoms with Gasteiger partial charge in [-0.1, -0.05) is 0 Å². The summed E-state index contributed by atoms with van der Waals surface area (Å²) in [7, 11) is 0. The second-order valence-electron chi connectivity index (χ2n) is 6.17. The summed E-state index contributed by atoms with van der Waals surface area (Å²) in [4.78, 5) is 14.2. The molecule has 1 aromatic rings. The van der Waals surface area contributed by atoms with E-state index in [1.807, 2.05) is 0 Å². The molecule has 5 nitrogen and oxygen atoms in total. The predicted octanol–water partition coefficient (Wildman–Crippen LogP) is 0.491. The van der Waals surface area contributed by atoms with E-state index in [-0.39, 0.29) is 17.8 Å². The number of nitrogens with zero attached hydrogens (tertiary/aromatic N) is 1. The van der Waals surface area contributed by atoms with Gasteiger partial charge in [-0.15, -0.1) is 0 Å². The van der Waals surface area contributed by atoms with Crippen LogP contribution >= 0.6 is 0 Å². The van der Waals surface area contributed by atoms with Gasteiger partial charge in [-0.2, -0.15) is 0 Å². The summed E-state index contributed by atoms with van der Waals surface area (Å²) in [5.41, 5.74) is 1.02. The van der Waals surface area contributed by atoms with Gasteiger partial charge in [-0.05, 0) is 43.0 Å². The Bertz CT molecular complexity index is 523. The van der Waals surface area contributed by atoms with Crippen LogP contribution in [0.4, 0.5) is 10.1 Å². The van der Waals surface area contributed by atoms with E-state index in [1.54, 1.807) is 12.1 Å². The molecule has 1 aromatic carbocycles. The quantitative estimate of drug-likeness (QED) is 0.757. The van der Waals surface area contributed by atoms with Crippen LogP contribution in [-0.2, 0) is 4.79 Å². The molecule has 0 aromatic heterocycles. The molecule has 2 aliphatic rings. The van der Waals surface area contributed by atoms with Gasteiger partial charge in [-0.25, -0.2) is 4.39 Å². The molecular weight excluding hydrogens is 285 g/mol. The predicted molar refractivity (Wildman–Crippen MR) is 82.1 cm³/mol. The van der Waals surface area contributed by atoms with E-state index in [0.717, 1.165) is 25.2 Å². The SMILES string of the molecule is O=C(NC[C@@H]1CCN(c2ccc(F)cc2)C1)[C@H]1C[C@@H](O)CN1. The zero-order valence-corrected chi connectivity index (χ0v) is 12.5. The highest BCUT2D eigenvalue weighted by molar-refractivity contribution is 5.82. The van der Waals surface area contributed by atoms with E-state index in [9.17, 15) is 14.3 Å². The molecule has 3 N–H and O–H groups in total. The first-order valence-electron chi connectivity index (χ1n) is 7.81. The minimum Gasteiger partial charge on any atom is -0.392 e. The van der Waals surface area contributed by atoms with E-state index >= 15 is 0 Å². The molecule has 0 bridgehead atoms. The van der Waals surface area contributed by atoms with Gasteiger partial charge < -0.3 is 20.6 Å². The van der Waals surface area contributed by atoms with E-state index in [2.05, 4.69) is 15.5 Å². The number of halogens is 1. The maximum atomic E-state index is 12.9. The van der Waals surface area contributed by atoms with E-state index < -0.39 is 6.10 Å². The van der Waals surface area contributed by atoms with Crippen molar-refractivity contribution in [3.05, 3.63) is 30.1 Å². The van der Waals surface area contributed by atoms with Crippen molar-refractivity contribution in [2.45, 2.75) is 25.0 Å². The Hall–Kier alpha value is -1.66. The minimum atomic E-state index is -0.420. The molecule has 0 spiro atoms. The fourth-order valence-electron chi connectivity index (χ4n) is 3.17. The standard InChI is InChI=1S/C16H22FN3O2/c17-12-1-3-13(4-2-12)20-6-5-11(10-20)8-19-16(22)15-7-14(21)9-18-15/h1-4,11,14-15,18,21H,5-10H2,(H,19,22)/t11-,14+,15+/m0/s1. The van der Waals surface area contributed by atoms with Crippen LogP contribution < -0.4 is 15.5 Å². The Morgan fingerprint density at radius 2 is 2.18 bits per heavy atom. The lowest BCUT2D eigenvalue weighted by Crippen LogP contribution is -2.42. The Morgan fingerprint density at radius 3 is 2.86 bits per heavy atom. The zero-order valence-electron chi connectivity index (χ0n) is 12.5. The van der Waals surface area contributed by atoms with E-state index in [1.165, 1.54) is 12.1 Å². The molecule has 0 saturated carbocycles. The van der Waals surface area contributed by atoms with Gasteiger partial charge in [0, 0.05) is 31.9 Å². The van der Waals surface area contributed by atoms with Crippen LogP contribution in [0, 0.1) is 11.7 Å². The number of hydrogen-bond acceptors (Lipinski definition) is 4. The molecule has 22 heavy (non-hydrogen) atoms. The highest BCUT2D eigenvalue weighted by Crippen LogP contribution is 2.23. The van der Waals surface area contributed by atoms with Gasteiger partial charge in [0.1, 0.15) is 5.82 Å². The van der Waals surface area contributed by atoms with Crippen LogP contribution in [0.25, 0.3) is 0 Å². The Morgan fingerprint density at radius 1 is 1.41 bits per heavy atom.